The number of nitrogens with zero attached hydrogens (tertiary/aromatic N) is 1. The molecule has 0 radical (unpaired) electrons. The molecule has 8 nitrogen and oxygen atoms in total. The van der Waals surface area contributed by atoms with E-state index in [2.05, 4.69) is 24.7 Å². The fraction of sp³-hybridized carbons (Fsp3) is 0.560. The van der Waals surface area contributed by atoms with Crippen molar-refractivity contribution < 1.29 is 17.4 Å². The molecular weight excluding hydrogens is 452 g/mol. The molecule has 0 bridgehead atoms. The van der Waals surface area contributed by atoms with Crippen LogP contribution in [0, 0.1) is 11.3 Å². The van der Waals surface area contributed by atoms with E-state index in [0.29, 0.717) is 12.3 Å². The van der Waals surface area contributed by atoms with E-state index < -0.39 is 15.7 Å². The van der Waals surface area contributed by atoms with Gasteiger partial charge in [0, 0.05) is 35.9 Å². The molecule has 0 fully saturated rings. The molecule has 2 atom stereocenters. The van der Waals surface area contributed by atoms with Crippen LogP contribution in [0.25, 0.3) is 0 Å². The van der Waals surface area contributed by atoms with Gasteiger partial charge >= 0.3 is 10.3 Å². The van der Waals surface area contributed by atoms with Gasteiger partial charge in [0.25, 0.3) is 0 Å². The summed E-state index contributed by atoms with van der Waals surface area (Å²) in [6.07, 6.45) is 7.97. The Labute approximate surface area is 201 Å². The summed E-state index contributed by atoms with van der Waals surface area (Å²) in [5.41, 5.74) is 15.1. The smallest absolute Gasteiger partial charge is 0.371 e. The number of carbonyl (C=O) groups excluding carboxylic acids is 1. The fourth-order valence-corrected chi connectivity index (χ4v) is 6.94. The van der Waals surface area contributed by atoms with Gasteiger partial charge in [0.05, 0.1) is 11.6 Å². The van der Waals surface area contributed by atoms with E-state index in [0.717, 1.165) is 78.6 Å². The van der Waals surface area contributed by atoms with E-state index in [1.54, 1.807) is 4.90 Å². The summed E-state index contributed by atoms with van der Waals surface area (Å²) in [6.45, 7) is 6.91. The molecule has 1 amide bonds. The summed E-state index contributed by atoms with van der Waals surface area (Å²) in [7, 11) is -2.33. The maximum atomic E-state index is 13.1. The molecule has 34 heavy (non-hydrogen) atoms. The largest absolute Gasteiger partial charge is 0.380 e. The highest BCUT2D eigenvalue weighted by Gasteiger charge is 2.49. The van der Waals surface area contributed by atoms with Crippen LogP contribution >= 0.6 is 0 Å². The van der Waals surface area contributed by atoms with Crippen molar-refractivity contribution in [1.82, 2.24) is 15.8 Å². The minimum absolute atomic E-state index is 0.149. The van der Waals surface area contributed by atoms with Crippen LogP contribution in [0.1, 0.15) is 65.7 Å². The summed E-state index contributed by atoms with van der Waals surface area (Å²) in [5, 5.41) is 5.34. The number of fused-ring (bicyclic) bond motifs is 4. The highest BCUT2D eigenvalue weighted by molar-refractivity contribution is 7.84. The molecule has 1 heterocycles. The van der Waals surface area contributed by atoms with Crippen molar-refractivity contribution in [3.63, 3.8) is 0 Å². The molecule has 9 heteroatoms. The molecule has 0 saturated heterocycles. The summed E-state index contributed by atoms with van der Waals surface area (Å²) >= 11 is 0. The first-order chi connectivity index (χ1) is 16.1. The second kappa shape index (κ2) is 8.02. The third kappa shape index (κ3) is 3.43. The zero-order chi connectivity index (χ0) is 24.4. The van der Waals surface area contributed by atoms with Gasteiger partial charge in [-0.05, 0) is 76.0 Å². The maximum Gasteiger partial charge on any atom is 0.380 e. The monoisotopic (exact) mass is 486 g/mol. The lowest BCUT2D eigenvalue weighted by atomic mass is 9.64. The fourth-order valence-electron chi connectivity index (χ4n) is 6.56. The molecule has 4 aliphatic carbocycles. The van der Waals surface area contributed by atoms with E-state index in [9.17, 15) is 13.2 Å². The number of nitrogens with one attached hydrogen (secondary N) is 2. The molecule has 5 rings (SSSR count). The lowest BCUT2D eigenvalue weighted by Gasteiger charge is -2.45. The van der Waals surface area contributed by atoms with E-state index in [1.165, 1.54) is 11.1 Å². The van der Waals surface area contributed by atoms with E-state index >= 15 is 0 Å². The zero-order valence-corrected chi connectivity index (χ0v) is 21.2. The van der Waals surface area contributed by atoms with Crippen molar-refractivity contribution in [2.75, 3.05) is 13.6 Å². The normalized spacial score (nSPS) is 28.0. The number of nitrogens with two attached hydrogens (primary N) is 1. The first-order valence-corrected chi connectivity index (χ1v) is 13.7. The highest BCUT2D eigenvalue weighted by Crippen LogP contribution is 2.57. The van der Waals surface area contributed by atoms with Crippen molar-refractivity contribution in [1.29, 1.82) is 0 Å². The third-order valence-corrected chi connectivity index (χ3v) is 8.66. The topological polar surface area (TPSA) is 114 Å². The van der Waals surface area contributed by atoms with Gasteiger partial charge < -0.3 is 19.9 Å². The Morgan fingerprint density at radius 1 is 1.29 bits per heavy atom. The molecule has 2 unspecified atom stereocenters. The molecule has 0 spiro atoms. The van der Waals surface area contributed by atoms with Crippen LogP contribution < -0.4 is 16.0 Å². The molecule has 0 aromatic rings. The van der Waals surface area contributed by atoms with Gasteiger partial charge in [0.15, 0.2) is 0 Å². The third-order valence-electron chi connectivity index (χ3n) is 8.25. The number of hydrazine groups is 1. The molecule has 184 valence electrons. The number of hydrogen-bond acceptors (Lipinski definition) is 6. The molecule has 4 N–H and O–H groups in total. The summed E-state index contributed by atoms with van der Waals surface area (Å²) in [6, 6.07) is 0. The molecule has 1 aliphatic heterocycles. The van der Waals surface area contributed by atoms with E-state index in [1.807, 2.05) is 20.0 Å². The minimum atomic E-state index is -4.18. The first-order valence-electron chi connectivity index (χ1n) is 12.2. The van der Waals surface area contributed by atoms with Crippen LogP contribution in [0.3, 0.4) is 0 Å². The zero-order valence-electron chi connectivity index (χ0n) is 20.4. The van der Waals surface area contributed by atoms with Crippen molar-refractivity contribution in [3.05, 3.63) is 56.7 Å². The molecule has 0 aromatic carbocycles. The SMILES string of the molecule is CCC1=C2C(OS(N)(=O)=O)=CC3=C(NNC4=C3CC3=C4C(C(=O)N(C)CC)CC3)C2(C)CCC1. The number of amides is 1. The van der Waals surface area contributed by atoms with Gasteiger partial charge in [0.1, 0.15) is 5.76 Å². The molecule has 0 saturated carbocycles. The average Bonchev–Trinajstić information content (AvgIpc) is 3.36. The van der Waals surface area contributed by atoms with Gasteiger partial charge in [-0.1, -0.05) is 18.1 Å². The number of carbonyl (C=O) groups is 1. The van der Waals surface area contributed by atoms with Crippen molar-refractivity contribution in [2.45, 2.75) is 65.7 Å². The number of rotatable bonds is 5. The Kier molecular flexibility index (Phi) is 5.48. The van der Waals surface area contributed by atoms with Crippen LogP contribution in [0.2, 0.25) is 0 Å². The highest BCUT2D eigenvalue weighted by atomic mass is 32.2. The van der Waals surface area contributed by atoms with Crippen LogP contribution in [0.4, 0.5) is 0 Å². The standard InChI is InChI=1S/C25H34N4O4S/c1-5-14-8-7-11-25(3)21(14)19(33-34(26,31)32)13-18-17-12-15-9-10-16(24(30)29(4)6-2)20(15)22(17)27-28-23(18)25/h13,16,27-28H,5-12H2,1-4H3,(H2,26,31,32). The minimum Gasteiger partial charge on any atom is -0.371 e. The number of allylic oxidation sites excluding steroid dienone is 8. The summed E-state index contributed by atoms with van der Waals surface area (Å²) in [4.78, 5) is 14.9. The second-order valence-corrected chi connectivity index (χ2v) is 11.3. The van der Waals surface area contributed by atoms with Gasteiger partial charge in [0.2, 0.25) is 5.91 Å². The Balaban J connectivity index is 1.63. The lowest BCUT2D eigenvalue weighted by molar-refractivity contribution is -0.132. The Morgan fingerprint density at radius 2 is 2.06 bits per heavy atom. The second-order valence-electron chi connectivity index (χ2n) is 10.1. The molecular formula is C25H34N4O4S. The van der Waals surface area contributed by atoms with Gasteiger partial charge in [-0.3, -0.25) is 4.79 Å². The quantitative estimate of drug-likeness (QED) is 0.550. The summed E-state index contributed by atoms with van der Waals surface area (Å²) < 4.78 is 29.4. The van der Waals surface area contributed by atoms with Crippen LogP contribution in [-0.2, 0) is 19.3 Å². The predicted octanol–water partition coefficient (Wildman–Crippen LogP) is 3.21. The van der Waals surface area contributed by atoms with Crippen LogP contribution in [-0.4, -0.2) is 32.8 Å². The average molecular weight is 487 g/mol. The molecule has 5 aliphatic rings. The lowest BCUT2D eigenvalue weighted by Crippen LogP contribution is -2.46. The number of hydrogen-bond donors (Lipinski definition) is 3. The van der Waals surface area contributed by atoms with E-state index in [-0.39, 0.29) is 11.8 Å². The van der Waals surface area contributed by atoms with Crippen molar-refractivity contribution >= 4 is 16.2 Å². The Bertz CT molecular complexity index is 1240. The van der Waals surface area contributed by atoms with Gasteiger partial charge in [-0.15, -0.1) is 0 Å². The first kappa shape index (κ1) is 23.2. The Hall–Kier alpha value is -2.52. The van der Waals surface area contributed by atoms with E-state index in [4.69, 9.17) is 9.32 Å². The predicted molar refractivity (Wildman–Crippen MR) is 130 cm³/mol. The maximum absolute atomic E-state index is 13.1. The van der Waals surface area contributed by atoms with Crippen LogP contribution in [0.15, 0.2) is 56.7 Å². The Morgan fingerprint density at radius 3 is 2.74 bits per heavy atom. The van der Waals surface area contributed by atoms with Crippen molar-refractivity contribution in [2.24, 2.45) is 16.5 Å². The van der Waals surface area contributed by atoms with Crippen molar-refractivity contribution in [3.8, 4) is 0 Å². The van der Waals surface area contributed by atoms with Gasteiger partial charge in [-0.2, -0.15) is 13.6 Å². The van der Waals surface area contributed by atoms with Crippen LogP contribution in [0.5, 0.6) is 0 Å². The molecule has 0 aromatic heterocycles. The van der Waals surface area contributed by atoms with Gasteiger partial charge in [-0.25, -0.2) is 0 Å². The summed E-state index contributed by atoms with van der Waals surface area (Å²) in [5.74, 6) is 0.336.